The van der Waals surface area contributed by atoms with Crippen molar-refractivity contribution in [1.82, 2.24) is 15.3 Å². The topological polar surface area (TPSA) is 93.7 Å². The number of nitrogens with zero attached hydrogens (tertiary/aromatic N) is 3. The first-order valence-corrected chi connectivity index (χ1v) is 9.56. The molecule has 0 aliphatic carbocycles. The molecule has 31 heavy (non-hydrogen) atoms. The molecule has 9 heteroatoms. The van der Waals surface area contributed by atoms with Gasteiger partial charge in [-0.25, -0.2) is 14.2 Å². The molecule has 0 spiro atoms. The van der Waals surface area contributed by atoms with Crippen LogP contribution in [0.4, 0.5) is 14.9 Å². The Bertz CT molecular complexity index is 1020. The summed E-state index contributed by atoms with van der Waals surface area (Å²) in [5, 5.41) is 2.52. The molecule has 2 amide bonds. The average molecular weight is 424 g/mol. The van der Waals surface area contributed by atoms with Crippen molar-refractivity contribution in [3.63, 3.8) is 0 Å². The maximum Gasteiger partial charge on any atom is 0.325 e. The van der Waals surface area contributed by atoms with Gasteiger partial charge in [0.05, 0.1) is 30.7 Å². The summed E-state index contributed by atoms with van der Waals surface area (Å²) in [5.41, 5.74) is 1.08. The van der Waals surface area contributed by atoms with E-state index in [0.29, 0.717) is 11.4 Å². The third-order valence-corrected chi connectivity index (χ3v) is 4.06. The number of esters is 1. The number of nitrogens with one attached hydrogen (secondary N) is 1. The van der Waals surface area contributed by atoms with E-state index in [2.05, 4.69) is 15.3 Å². The third-order valence-electron chi connectivity index (χ3n) is 4.06. The Morgan fingerprint density at radius 1 is 1.06 bits per heavy atom. The van der Waals surface area contributed by atoms with Gasteiger partial charge in [0, 0.05) is 12.3 Å². The summed E-state index contributed by atoms with van der Waals surface area (Å²) in [6, 6.07) is 13.9. The number of pyridine rings is 2. The molecule has 3 aromatic rings. The monoisotopic (exact) mass is 424 g/mol. The molecular formula is C22H21FN4O4. The van der Waals surface area contributed by atoms with E-state index >= 15 is 0 Å². The van der Waals surface area contributed by atoms with E-state index in [-0.39, 0.29) is 31.3 Å². The largest absolute Gasteiger partial charge is 0.465 e. The zero-order chi connectivity index (χ0) is 22.1. The highest BCUT2D eigenvalue weighted by Crippen LogP contribution is 2.24. The minimum atomic E-state index is -0.541. The number of urea groups is 1. The maximum atomic E-state index is 13.8. The van der Waals surface area contributed by atoms with E-state index < -0.39 is 17.8 Å². The van der Waals surface area contributed by atoms with E-state index in [0.717, 1.165) is 0 Å². The van der Waals surface area contributed by atoms with E-state index in [9.17, 15) is 14.0 Å². The molecule has 2 aromatic heterocycles. The number of aromatic nitrogens is 2. The van der Waals surface area contributed by atoms with Crippen molar-refractivity contribution in [3.05, 3.63) is 78.5 Å². The first-order valence-electron chi connectivity index (χ1n) is 9.56. The van der Waals surface area contributed by atoms with Gasteiger partial charge in [0.25, 0.3) is 0 Å². The van der Waals surface area contributed by atoms with Crippen molar-refractivity contribution in [2.45, 2.75) is 13.5 Å². The highest BCUT2D eigenvalue weighted by molar-refractivity contribution is 5.93. The number of anilines is 1. The van der Waals surface area contributed by atoms with Gasteiger partial charge in [0.1, 0.15) is 6.54 Å². The van der Waals surface area contributed by atoms with Crippen molar-refractivity contribution < 1.29 is 23.5 Å². The second kappa shape index (κ2) is 10.7. The lowest BCUT2D eigenvalue weighted by atomic mass is 10.3. The molecule has 2 heterocycles. The van der Waals surface area contributed by atoms with Crippen molar-refractivity contribution in [2.24, 2.45) is 0 Å². The second-order valence-electron chi connectivity index (χ2n) is 6.26. The minimum absolute atomic E-state index is 0.0419. The van der Waals surface area contributed by atoms with Gasteiger partial charge in [-0.05, 0) is 37.3 Å². The van der Waals surface area contributed by atoms with Gasteiger partial charge in [-0.3, -0.25) is 14.7 Å². The molecule has 3 rings (SSSR count). The summed E-state index contributed by atoms with van der Waals surface area (Å²) < 4.78 is 24.1. The van der Waals surface area contributed by atoms with Gasteiger partial charge in [-0.1, -0.05) is 18.2 Å². The lowest BCUT2D eigenvalue weighted by Crippen LogP contribution is -2.42. The summed E-state index contributed by atoms with van der Waals surface area (Å²) in [7, 11) is 0. The first kappa shape index (κ1) is 21.7. The molecule has 0 saturated carbocycles. The predicted molar refractivity (Wildman–Crippen MR) is 111 cm³/mol. The molecule has 0 fully saturated rings. The van der Waals surface area contributed by atoms with Gasteiger partial charge in [0.2, 0.25) is 5.88 Å². The molecule has 1 N–H and O–H groups in total. The zero-order valence-corrected chi connectivity index (χ0v) is 16.8. The summed E-state index contributed by atoms with van der Waals surface area (Å²) in [4.78, 5) is 34.1. The van der Waals surface area contributed by atoms with E-state index in [1.54, 1.807) is 49.5 Å². The molecular weight excluding hydrogens is 403 g/mol. The first-order chi connectivity index (χ1) is 15.1. The number of para-hydroxylation sites is 1. The van der Waals surface area contributed by atoms with Gasteiger partial charge < -0.3 is 14.8 Å². The number of hydrogen-bond acceptors (Lipinski definition) is 6. The summed E-state index contributed by atoms with van der Waals surface area (Å²) in [5.74, 6) is -0.845. The Hall–Kier alpha value is -4.01. The van der Waals surface area contributed by atoms with E-state index in [1.807, 2.05) is 0 Å². The van der Waals surface area contributed by atoms with Crippen LogP contribution >= 0.6 is 0 Å². The van der Waals surface area contributed by atoms with Crippen LogP contribution in [0.25, 0.3) is 0 Å². The molecule has 0 aliphatic rings. The van der Waals surface area contributed by atoms with Crippen LogP contribution in [0, 0.1) is 5.82 Å². The molecule has 0 unspecified atom stereocenters. The zero-order valence-electron chi connectivity index (χ0n) is 16.8. The highest BCUT2D eigenvalue weighted by atomic mass is 19.1. The molecule has 160 valence electrons. The number of rotatable bonds is 8. The fraction of sp³-hybridized carbons (Fsp3) is 0.182. The second-order valence-corrected chi connectivity index (χ2v) is 6.26. The molecule has 0 aliphatic heterocycles. The normalized spacial score (nSPS) is 10.3. The molecule has 0 atom stereocenters. The van der Waals surface area contributed by atoms with Crippen LogP contribution in [-0.4, -0.2) is 35.1 Å². The summed E-state index contributed by atoms with van der Waals surface area (Å²) in [6.45, 7) is 1.78. The Balaban J connectivity index is 1.76. The molecule has 8 nitrogen and oxygen atoms in total. The van der Waals surface area contributed by atoms with Crippen molar-refractivity contribution in [1.29, 1.82) is 0 Å². The van der Waals surface area contributed by atoms with Crippen LogP contribution in [0.3, 0.4) is 0 Å². The van der Waals surface area contributed by atoms with Crippen LogP contribution in [0.1, 0.15) is 12.6 Å². The number of hydrogen-bond donors (Lipinski definition) is 1. The van der Waals surface area contributed by atoms with Crippen LogP contribution < -0.4 is 15.0 Å². The van der Waals surface area contributed by atoms with Crippen molar-refractivity contribution in [3.8, 4) is 11.6 Å². The molecule has 0 bridgehead atoms. The number of amides is 2. The molecule has 1 aromatic carbocycles. The van der Waals surface area contributed by atoms with Gasteiger partial charge in [-0.15, -0.1) is 0 Å². The van der Waals surface area contributed by atoms with Gasteiger partial charge in [-0.2, -0.15) is 0 Å². The summed E-state index contributed by atoms with van der Waals surface area (Å²) >= 11 is 0. The molecule has 0 saturated heterocycles. The molecule has 0 radical (unpaired) electrons. The number of carbonyl (C=O) groups is 2. The van der Waals surface area contributed by atoms with Crippen LogP contribution in [0.5, 0.6) is 11.6 Å². The highest BCUT2D eigenvalue weighted by Gasteiger charge is 2.19. The Labute approximate surface area is 178 Å². The predicted octanol–water partition coefficient (Wildman–Crippen LogP) is 3.69. The Kier molecular flexibility index (Phi) is 7.47. The SMILES string of the molecule is CCOC(=O)CNC(=O)N(Cc1ccccn1)c1ccc(Oc2ccccc2F)nc1. The van der Waals surface area contributed by atoms with E-state index in [4.69, 9.17) is 9.47 Å². The van der Waals surface area contributed by atoms with Crippen LogP contribution in [0.15, 0.2) is 67.0 Å². The van der Waals surface area contributed by atoms with Crippen LogP contribution in [0.2, 0.25) is 0 Å². The van der Waals surface area contributed by atoms with E-state index in [1.165, 1.54) is 29.3 Å². The average Bonchev–Trinajstić information content (AvgIpc) is 2.79. The van der Waals surface area contributed by atoms with Gasteiger partial charge in [0.15, 0.2) is 11.6 Å². The minimum Gasteiger partial charge on any atom is -0.465 e. The lowest BCUT2D eigenvalue weighted by molar-refractivity contribution is -0.141. The van der Waals surface area contributed by atoms with Gasteiger partial charge >= 0.3 is 12.0 Å². The fourth-order valence-corrected chi connectivity index (χ4v) is 2.62. The smallest absolute Gasteiger partial charge is 0.325 e. The summed E-state index contributed by atoms with van der Waals surface area (Å²) in [6.07, 6.45) is 3.04. The number of benzene rings is 1. The quantitative estimate of drug-likeness (QED) is 0.555. The Morgan fingerprint density at radius 3 is 2.55 bits per heavy atom. The van der Waals surface area contributed by atoms with Crippen molar-refractivity contribution in [2.75, 3.05) is 18.1 Å². The fourth-order valence-electron chi connectivity index (χ4n) is 2.62. The standard InChI is InChI=1S/C22H21FN4O4/c1-2-30-21(28)14-26-22(29)27(15-16-7-5-6-12-24-16)17-10-11-20(25-13-17)31-19-9-4-3-8-18(19)23/h3-13H,2,14-15H2,1H3,(H,26,29). The van der Waals surface area contributed by atoms with Crippen molar-refractivity contribution >= 4 is 17.7 Å². The maximum absolute atomic E-state index is 13.8. The lowest BCUT2D eigenvalue weighted by Gasteiger charge is -2.22. The number of carbonyl (C=O) groups excluding carboxylic acids is 2. The number of halogens is 1. The number of ether oxygens (including phenoxy) is 2. The third kappa shape index (κ3) is 6.23. The van der Waals surface area contributed by atoms with Crippen LogP contribution in [-0.2, 0) is 16.1 Å². The Morgan fingerprint density at radius 2 is 1.87 bits per heavy atom.